The van der Waals surface area contributed by atoms with E-state index in [1.54, 1.807) is 37.3 Å². The molecule has 0 aliphatic carbocycles. The molecule has 7 heteroatoms. The largest absolute Gasteiger partial charge is 0.466 e. The summed E-state index contributed by atoms with van der Waals surface area (Å²) in [6.07, 6.45) is -0.765. The fourth-order valence-electron chi connectivity index (χ4n) is 2.68. The van der Waals surface area contributed by atoms with Gasteiger partial charge in [0.15, 0.2) is 17.7 Å². The summed E-state index contributed by atoms with van der Waals surface area (Å²) >= 11 is 0. The molecule has 1 aromatic heterocycles. The van der Waals surface area contributed by atoms with Crippen molar-refractivity contribution in [3.63, 3.8) is 0 Å². The lowest BCUT2D eigenvalue weighted by molar-refractivity contribution is -0.153. The first-order valence-corrected chi connectivity index (χ1v) is 8.89. The molecule has 1 heterocycles. The van der Waals surface area contributed by atoms with Crippen LogP contribution in [0.1, 0.15) is 59.4 Å². The van der Waals surface area contributed by atoms with Crippen LogP contribution in [0.25, 0.3) is 0 Å². The van der Waals surface area contributed by atoms with Gasteiger partial charge in [-0.25, -0.2) is 0 Å². The summed E-state index contributed by atoms with van der Waals surface area (Å²) < 4.78 is 10.6. The maximum Gasteiger partial charge on any atom is 0.307 e. The van der Waals surface area contributed by atoms with Crippen molar-refractivity contribution in [1.82, 2.24) is 0 Å². The first kappa shape index (κ1) is 21.1. The molecule has 0 fully saturated rings. The number of carbonyl (C=O) groups excluding carboxylic acids is 4. The molecule has 0 radical (unpaired) electrons. The molecule has 1 amide bonds. The van der Waals surface area contributed by atoms with Crippen molar-refractivity contribution >= 4 is 29.1 Å². The van der Waals surface area contributed by atoms with E-state index >= 15 is 0 Å². The summed E-state index contributed by atoms with van der Waals surface area (Å²) in [6, 6.07) is 8.22. The molecule has 28 heavy (non-hydrogen) atoms. The minimum Gasteiger partial charge on any atom is -0.466 e. The van der Waals surface area contributed by atoms with Crippen LogP contribution in [0.5, 0.6) is 0 Å². The van der Waals surface area contributed by atoms with Gasteiger partial charge in [-0.2, -0.15) is 0 Å². The van der Waals surface area contributed by atoms with E-state index in [-0.39, 0.29) is 24.4 Å². The Morgan fingerprint density at radius 1 is 1.07 bits per heavy atom. The van der Waals surface area contributed by atoms with E-state index in [2.05, 4.69) is 5.32 Å². The topological polar surface area (TPSA) is 103 Å². The number of rotatable bonds is 8. The number of para-hydroxylation sites is 1. The van der Waals surface area contributed by atoms with Gasteiger partial charge >= 0.3 is 5.97 Å². The van der Waals surface area contributed by atoms with Gasteiger partial charge in [0, 0.05) is 12.0 Å². The molecule has 0 unspecified atom stereocenters. The second kappa shape index (κ2) is 9.12. The van der Waals surface area contributed by atoms with Gasteiger partial charge in [0.25, 0.3) is 5.91 Å². The third-order valence-corrected chi connectivity index (χ3v) is 4.17. The quantitative estimate of drug-likeness (QED) is 0.551. The Morgan fingerprint density at radius 3 is 2.32 bits per heavy atom. The number of hydrogen-bond donors (Lipinski definition) is 1. The number of amides is 1. The maximum absolute atomic E-state index is 12.3. The predicted octanol–water partition coefficient (Wildman–Crippen LogP) is 3.50. The fraction of sp³-hybridized carbons (Fsp3) is 0.333. The monoisotopic (exact) mass is 385 g/mol. The van der Waals surface area contributed by atoms with Crippen LogP contribution in [0.4, 0.5) is 5.69 Å². The number of aryl methyl sites for hydroxylation is 2. The Morgan fingerprint density at radius 2 is 1.71 bits per heavy atom. The third kappa shape index (κ3) is 5.39. The van der Waals surface area contributed by atoms with Crippen molar-refractivity contribution in [2.75, 3.05) is 5.32 Å². The number of esters is 1. The number of benzene rings is 1. The Labute approximate surface area is 163 Å². The minimum absolute atomic E-state index is 0.00590. The van der Waals surface area contributed by atoms with Crippen LogP contribution in [0.3, 0.4) is 0 Å². The van der Waals surface area contributed by atoms with Crippen LogP contribution in [0.2, 0.25) is 0 Å². The minimum atomic E-state index is -1.03. The van der Waals surface area contributed by atoms with Crippen LogP contribution in [-0.4, -0.2) is 29.5 Å². The highest BCUT2D eigenvalue weighted by molar-refractivity contribution is 6.04. The lowest BCUT2D eigenvalue weighted by atomic mass is 10.1. The molecule has 1 aromatic carbocycles. The van der Waals surface area contributed by atoms with Crippen molar-refractivity contribution in [1.29, 1.82) is 0 Å². The van der Waals surface area contributed by atoms with Gasteiger partial charge in [0.2, 0.25) is 0 Å². The van der Waals surface area contributed by atoms with Crippen LogP contribution in [-0.2, 0) is 20.7 Å². The van der Waals surface area contributed by atoms with E-state index in [9.17, 15) is 19.2 Å². The molecule has 0 spiro atoms. The lowest BCUT2D eigenvalue weighted by Crippen LogP contribution is -2.30. The highest BCUT2D eigenvalue weighted by Crippen LogP contribution is 2.18. The molecule has 1 N–H and O–H groups in total. The highest BCUT2D eigenvalue weighted by atomic mass is 16.5. The number of furan rings is 1. The summed E-state index contributed by atoms with van der Waals surface area (Å²) in [5, 5.41) is 2.60. The van der Waals surface area contributed by atoms with Gasteiger partial charge in [-0.05, 0) is 45.9 Å². The van der Waals surface area contributed by atoms with E-state index in [0.717, 1.165) is 0 Å². The molecule has 0 aliphatic rings. The molecule has 0 saturated carbocycles. The Hall–Kier alpha value is -3.22. The Bertz CT molecular complexity index is 911. The second-order valence-electron chi connectivity index (χ2n) is 6.46. The lowest BCUT2D eigenvalue weighted by Gasteiger charge is -2.14. The number of hydrogen-bond acceptors (Lipinski definition) is 6. The highest BCUT2D eigenvalue weighted by Gasteiger charge is 2.20. The van der Waals surface area contributed by atoms with Crippen LogP contribution in [0.15, 0.2) is 34.7 Å². The molecule has 0 aliphatic heterocycles. The van der Waals surface area contributed by atoms with Gasteiger partial charge in [-0.3, -0.25) is 19.2 Å². The summed E-state index contributed by atoms with van der Waals surface area (Å²) in [7, 11) is 0. The molecule has 2 aromatic rings. The van der Waals surface area contributed by atoms with Crippen molar-refractivity contribution < 1.29 is 28.3 Å². The summed E-state index contributed by atoms with van der Waals surface area (Å²) in [4.78, 5) is 47.3. The van der Waals surface area contributed by atoms with E-state index < -0.39 is 18.0 Å². The third-order valence-electron chi connectivity index (χ3n) is 4.17. The summed E-state index contributed by atoms with van der Waals surface area (Å²) in [5.74, 6) is -0.374. The number of ketones is 2. The average molecular weight is 385 g/mol. The number of anilines is 1. The van der Waals surface area contributed by atoms with Crippen molar-refractivity contribution in [3.05, 3.63) is 53.0 Å². The van der Waals surface area contributed by atoms with Gasteiger partial charge < -0.3 is 14.5 Å². The zero-order valence-corrected chi connectivity index (χ0v) is 16.3. The number of carbonyl (C=O) groups is 4. The van der Waals surface area contributed by atoms with Gasteiger partial charge in [-0.15, -0.1) is 0 Å². The van der Waals surface area contributed by atoms with Crippen molar-refractivity contribution in [2.24, 2.45) is 0 Å². The smallest absolute Gasteiger partial charge is 0.307 e. The molecular weight excluding hydrogens is 362 g/mol. The first-order chi connectivity index (χ1) is 13.2. The summed E-state index contributed by atoms with van der Waals surface area (Å²) in [6.45, 7) is 5.99. The van der Waals surface area contributed by atoms with E-state index in [1.807, 2.05) is 0 Å². The standard InChI is InChI=1S/C21H23NO6/c1-12(23)17-7-5-6-8-19(17)22-21(26)15(4)28-20(25)10-9-16-11-18(13(2)24)14(3)27-16/h5-8,11,15H,9-10H2,1-4H3,(H,22,26)/t15-/m0/s1. The molecule has 148 valence electrons. The predicted molar refractivity (Wildman–Crippen MR) is 102 cm³/mol. The maximum atomic E-state index is 12.3. The SMILES string of the molecule is CC(=O)c1ccccc1NC(=O)[C@H](C)OC(=O)CCc1cc(C(C)=O)c(C)o1. The van der Waals surface area contributed by atoms with Crippen LogP contribution >= 0.6 is 0 Å². The molecule has 0 saturated heterocycles. The van der Waals surface area contributed by atoms with E-state index in [4.69, 9.17) is 9.15 Å². The Balaban J connectivity index is 1.90. The zero-order valence-electron chi connectivity index (χ0n) is 16.3. The number of Topliss-reactive ketones (excluding diaryl/α,β-unsaturated/α-hetero) is 2. The second-order valence-corrected chi connectivity index (χ2v) is 6.46. The molecule has 2 rings (SSSR count). The summed E-state index contributed by atoms with van der Waals surface area (Å²) in [5.41, 5.74) is 1.23. The fourth-order valence-corrected chi connectivity index (χ4v) is 2.68. The number of ether oxygens (including phenoxy) is 1. The number of nitrogens with one attached hydrogen (secondary N) is 1. The van der Waals surface area contributed by atoms with E-state index in [0.29, 0.717) is 28.3 Å². The van der Waals surface area contributed by atoms with Gasteiger partial charge in [0.05, 0.1) is 17.7 Å². The normalized spacial score (nSPS) is 11.6. The molecule has 1 atom stereocenters. The average Bonchev–Trinajstić information content (AvgIpc) is 3.01. The van der Waals surface area contributed by atoms with Crippen molar-refractivity contribution in [3.8, 4) is 0 Å². The molecular formula is C21H23NO6. The van der Waals surface area contributed by atoms with E-state index in [1.165, 1.54) is 20.8 Å². The van der Waals surface area contributed by atoms with Gasteiger partial charge in [0.1, 0.15) is 11.5 Å². The first-order valence-electron chi connectivity index (χ1n) is 8.89. The Kier molecular flexibility index (Phi) is 6.87. The molecule has 0 bridgehead atoms. The van der Waals surface area contributed by atoms with Crippen LogP contribution < -0.4 is 5.32 Å². The van der Waals surface area contributed by atoms with Gasteiger partial charge in [-0.1, -0.05) is 12.1 Å². The zero-order chi connectivity index (χ0) is 20.8. The molecule has 7 nitrogen and oxygen atoms in total. The van der Waals surface area contributed by atoms with Crippen LogP contribution in [0, 0.1) is 6.92 Å². The van der Waals surface area contributed by atoms with Crippen molar-refractivity contribution in [2.45, 2.75) is 46.6 Å².